The molecule has 0 aliphatic carbocycles. The molecule has 0 radical (unpaired) electrons. The second kappa shape index (κ2) is 6.76. The standard InChI is InChI=1S/C13H17NO4/c1-3-18-12(10-7-5-4-6-8-10)13(17)14(2)9-11(15)16/h4-8,12H,3,9H2,1-2H3,(H,15,16). The molecule has 0 heterocycles. The average Bonchev–Trinajstić information content (AvgIpc) is 2.35. The van der Waals surface area contributed by atoms with Crippen LogP contribution in [0.4, 0.5) is 0 Å². The fourth-order valence-electron chi connectivity index (χ4n) is 1.59. The zero-order valence-electron chi connectivity index (χ0n) is 10.5. The summed E-state index contributed by atoms with van der Waals surface area (Å²) in [6.07, 6.45) is -0.749. The number of amides is 1. The van der Waals surface area contributed by atoms with Crippen LogP contribution in [0, 0.1) is 0 Å². The highest BCUT2D eigenvalue weighted by atomic mass is 16.5. The number of likely N-dealkylation sites (N-methyl/N-ethyl adjacent to an activating group) is 1. The van der Waals surface area contributed by atoms with E-state index in [0.29, 0.717) is 6.61 Å². The van der Waals surface area contributed by atoms with E-state index in [1.807, 2.05) is 18.2 Å². The van der Waals surface area contributed by atoms with Crippen molar-refractivity contribution in [2.75, 3.05) is 20.2 Å². The van der Waals surface area contributed by atoms with Crippen LogP contribution in [0.5, 0.6) is 0 Å². The monoisotopic (exact) mass is 251 g/mol. The van der Waals surface area contributed by atoms with Crippen molar-refractivity contribution in [1.82, 2.24) is 4.90 Å². The van der Waals surface area contributed by atoms with Gasteiger partial charge in [-0.05, 0) is 12.5 Å². The Kier molecular flexibility index (Phi) is 5.32. The molecule has 0 bridgehead atoms. The second-order valence-electron chi connectivity index (χ2n) is 3.83. The van der Waals surface area contributed by atoms with E-state index in [1.54, 1.807) is 19.1 Å². The lowest BCUT2D eigenvalue weighted by atomic mass is 10.1. The van der Waals surface area contributed by atoms with Gasteiger partial charge in [-0.25, -0.2) is 0 Å². The summed E-state index contributed by atoms with van der Waals surface area (Å²) in [5.41, 5.74) is 0.724. The number of carbonyl (C=O) groups is 2. The zero-order valence-corrected chi connectivity index (χ0v) is 10.5. The first kappa shape index (κ1) is 14.2. The highest BCUT2D eigenvalue weighted by Crippen LogP contribution is 2.19. The molecule has 0 spiro atoms. The topological polar surface area (TPSA) is 66.8 Å². The van der Waals surface area contributed by atoms with Crippen molar-refractivity contribution in [2.24, 2.45) is 0 Å². The predicted octanol–water partition coefficient (Wildman–Crippen LogP) is 1.31. The van der Waals surface area contributed by atoms with Crippen LogP contribution < -0.4 is 0 Å². The van der Waals surface area contributed by atoms with E-state index < -0.39 is 12.1 Å². The fourth-order valence-corrected chi connectivity index (χ4v) is 1.59. The molecule has 0 saturated carbocycles. The molecule has 5 heteroatoms. The Morgan fingerprint density at radius 3 is 2.44 bits per heavy atom. The lowest BCUT2D eigenvalue weighted by Gasteiger charge is -2.22. The van der Waals surface area contributed by atoms with Crippen molar-refractivity contribution in [1.29, 1.82) is 0 Å². The summed E-state index contributed by atoms with van der Waals surface area (Å²) in [5.74, 6) is -1.40. The number of hydrogen-bond acceptors (Lipinski definition) is 3. The molecule has 1 unspecified atom stereocenters. The minimum Gasteiger partial charge on any atom is -0.480 e. The van der Waals surface area contributed by atoms with Crippen LogP contribution in [0.15, 0.2) is 30.3 Å². The maximum absolute atomic E-state index is 12.1. The minimum atomic E-state index is -1.05. The van der Waals surface area contributed by atoms with Crippen molar-refractivity contribution >= 4 is 11.9 Å². The molecule has 0 saturated heterocycles. The first-order chi connectivity index (χ1) is 8.56. The third-order valence-electron chi connectivity index (χ3n) is 2.41. The Hall–Kier alpha value is -1.88. The van der Waals surface area contributed by atoms with E-state index in [0.717, 1.165) is 10.5 Å². The van der Waals surface area contributed by atoms with Crippen LogP contribution in [-0.4, -0.2) is 42.1 Å². The maximum Gasteiger partial charge on any atom is 0.323 e. The van der Waals surface area contributed by atoms with Crippen LogP contribution in [0.3, 0.4) is 0 Å². The minimum absolute atomic E-state index is 0.338. The number of benzene rings is 1. The molecular weight excluding hydrogens is 234 g/mol. The number of ether oxygens (including phenoxy) is 1. The first-order valence-electron chi connectivity index (χ1n) is 5.69. The first-order valence-corrected chi connectivity index (χ1v) is 5.69. The summed E-state index contributed by atoms with van der Waals surface area (Å²) in [6, 6.07) is 9.04. The largest absolute Gasteiger partial charge is 0.480 e. The number of aliphatic carboxylic acids is 1. The van der Waals surface area contributed by atoms with E-state index >= 15 is 0 Å². The van der Waals surface area contributed by atoms with Crippen LogP contribution in [-0.2, 0) is 14.3 Å². The maximum atomic E-state index is 12.1. The molecular formula is C13H17NO4. The molecule has 1 aromatic carbocycles. The van der Waals surface area contributed by atoms with Gasteiger partial charge in [0, 0.05) is 13.7 Å². The zero-order chi connectivity index (χ0) is 13.5. The van der Waals surface area contributed by atoms with Gasteiger partial charge >= 0.3 is 5.97 Å². The smallest absolute Gasteiger partial charge is 0.323 e. The SMILES string of the molecule is CCOC(C(=O)N(C)CC(=O)O)c1ccccc1. The summed E-state index contributed by atoms with van der Waals surface area (Å²) < 4.78 is 5.41. The van der Waals surface area contributed by atoms with Gasteiger partial charge in [0.05, 0.1) is 0 Å². The van der Waals surface area contributed by atoms with E-state index in [2.05, 4.69) is 0 Å². The molecule has 1 rings (SSSR count). The quantitative estimate of drug-likeness (QED) is 0.827. The summed E-state index contributed by atoms with van der Waals surface area (Å²) in [5, 5.41) is 8.68. The van der Waals surface area contributed by atoms with Crippen LogP contribution >= 0.6 is 0 Å². The van der Waals surface area contributed by atoms with E-state index in [1.165, 1.54) is 7.05 Å². The van der Waals surface area contributed by atoms with Gasteiger partial charge in [0.2, 0.25) is 0 Å². The second-order valence-corrected chi connectivity index (χ2v) is 3.83. The van der Waals surface area contributed by atoms with Crippen molar-refractivity contribution in [3.63, 3.8) is 0 Å². The van der Waals surface area contributed by atoms with Gasteiger partial charge in [-0.3, -0.25) is 9.59 Å². The number of carboxylic acid groups (broad SMARTS) is 1. The van der Waals surface area contributed by atoms with Gasteiger partial charge in [0.25, 0.3) is 5.91 Å². The molecule has 0 aromatic heterocycles. The van der Waals surface area contributed by atoms with Gasteiger partial charge in [-0.1, -0.05) is 30.3 Å². The van der Waals surface area contributed by atoms with Gasteiger partial charge in [-0.15, -0.1) is 0 Å². The molecule has 0 fully saturated rings. The molecule has 18 heavy (non-hydrogen) atoms. The Bertz CT molecular complexity index is 405. The lowest BCUT2D eigenvalue weighted by Crippen LogP contribution is -2.36. The normalized spacial score (nSPS) is 11.9. The van der Waals surface area contributed by atoms with Crippen molar-refractivity contribution in [3.8, 4) is 0 Å². The van der Waals surface area contributed by atoms with E-state index in [-0.39, 0.29) is 12.5 Å². The highest BCUT2D eigenvalue weighted by molar-refractivity contribution is 5.85. The number of carboxylic acids is 1. The molecule has 5 nitrogen and oxygen atoms in total. The highest BCUT2D eigenvalue weighted by Gasteiger charge is 2.25. The molecule has 98 valence electrons. The van der Waals surface area contributed by atoms with Crippen molar-refractivity contribution in [2.45, 2.75) is 13.0 Å². The molecule has 1 atom stereocenters. The third kappa shape index (κ3) is 3.85. The van der Waals surface area contributed by atoms with Gasteiger partial charge < -0.3 is 14.7 Å². The van der Waals surface area contributed by atoms with E-state index in [4.69, 9.17) is 9.84 Å². The Labute approximate surface area is 106 Å². The predicted molar refractivity (Wildman–Crippen MR) is 66.1 cm³/mol. The Balaban J connectivity index is 2.85. The van der Waals surface area contributed by atoms with Crippen molar-refractivity contribution < 1.29 is 19.4 Å². The Morgan fingerprint density at radius 1 is 1.33 bits per heavy atom. The molecule has 0 aliphatic heterocycles. The summed E-state index contributed by atoms with van der Waals surface area (Å²) in [6.45, 7) is 1.84. The lowest BCUT2D eigenvalue weighted by molar-refractivity contribution is -0.149. The summed E-state index contributed by atoms with van der Waals surface area (Å²) in [4.78, 5) is 23.9. The molecule has 1 aromatic rings. The van der Waals surface area contributed by atoms with E-state index in [9.17, 15) is 9.59 Å². The van der Waals surface area contributed by atoms with Gasteiger partial charge in [-0.2, -0.15) is 0 Å². The van der Waals surface area contributed by atoms with Crippen molar-refractivity contribution in [3.05, 3.63) is 35.9 Å². The van der Waals surface area contributed by atoms with Crippen LogP contribution in [0.25, 0.3) is 0 Å². The summed E-state index contributed by atoms with van der Waals surface area (Å²) >= 11 is 0. The van der Waals surface area contributed by atoms with Crippen LogP contribution in [0.1, 0.15) is 18.6 Å². The number of hydrogen-bond donors (Lipinski definition) is 1. The fraction of sp³-hybridized carbons (Fsp3) is 0.385. The number of carbonyl (C=O) groups excluding carboxylic acids is 1. The average molecular weight is 251 g/mol. The van der Waals surface area contributed by atoms with Gasteiger partial charge in [0.1, 0.15) is 6.54 Å². The molecule has 1 amide bonds. The van der Waals surface area contributed by atoms with Crippen LogP contribution in [0.2, 0.25) is 0 Å². The molecule has 0 aliphatic rings. The Morgan fingerprint density at radius 2 is 1.94 bits per heavy atom. The third-order valence-corrected chi connectivity index (χ3v) is 2.41. The molecule has 1 N–H and O–H groups in total. The van der Waals surface area contributed by atoms with Gasteiger partial charge in [0.15, 0.2) is 6.10 Å². The number of nitrogens with zero attached hydrogens (tertiary/aromatic N) is 1. The summed E-state index contributed by atoms with van der Waals surface area (Å²) in [7, 11) is 1.45. The number of rotatable bonds is 6.